The third-order valence-electron chi connectivity index (χ3n) is 3.18. The van der Waals surface area contributed by atoms with Gasteiger partial charge in [-0.2, -0.15) is 0 Å². The van der Waals surface area contributed by atoms with Crippen LogP contribution >= 0.6 is 11.6 Å². The molecule has 0 spiro atoms. The van der Waals surface area contributed by atoms with E-state index in [1.54, 1.807) is 37.3 Å². The average Bonchev–Trinajstić information content (AvgIpc) is 2.50. The number of anilines is 2. The highest BCUT2D eigenvalue weighted by Gasteiger charge is 2.20. The number of likely N-dealkylation sites (N-methyl/N-ethyl adjacent to an activating group) is 1. The molecule has 2 amide bonds. The van der Waals surface area contributed by atoms with Crippen LogP contribution in [0.25, 0.3) is 0 Å². The summed E-state index contributed by atoms with van der Waals surface area (Å²) in [7, 11) is 1.49. The molecule has 0 fully saturated rings. The zero-order chi connectivity index (χ0) is 16.3. The van der Waals surface area contributed by atoms with E-state index >= 15 is 0 Å². The minimum Gasteiger partial charge on any atom is -0.508 e. The number of hydrogen-bond acceptors (Lipinski definition) is 3. The maximum atomic E-state index is 12.1. The molecule has 0 aromatic heterocycles. The Morgan fingerprint density at radius 3 is 2.41 bits per heavy atom. The maximum absolute atomic E-state index is 12.1. The molecule has 2 aromatic carbocycles. The van der Waals surface area contributed by atoms with E-state index in [0.29, 0.717) is 16.4 Å². The number of nitrogens with zero attached hydrogens (tertiary/aromatic N) is 1. The maximum Gasteiger partial charge on any atom is 0.316 e. The Hall–Kier alpha value is -2.53. The van der Waals surface area contributed by atoms with Crippen molar-refractivity contribution in [2.75, 3.05) is 17.3 Å². The van der Waals surface area contributed by atoms with Gasteiger partial charge in [0.05, 0.1) is 0 Å². The topological polar surface area (TPSA) is 69.6 Å². The third kappa shape index (κ3) is 3.56. The lowest BCUT2D eigenvalue weighted by Gasteiger charge is -2.17. The number of aryl methyl sites for hydroxylation is 1. The lowest BCUT2D eigenvalue weighted by molar-refractivity contribution is -0.134. The lowest BCUT2D eigenvalue weighted by Crippen LogP contribution is -2.37. The van der Waals surface area contributed by atoms with Gasteiger partial charge >= 0.3 is 11.8 Å². The van der Waals surface area contributed by atoms with Crippen molar-refractivity contribution < 1.29 is 14.7 Å². The Morgan fingerprint density at radius 1 is 1.14 bits per heavy atom. The van der Waals surface area contributed by atoms with Gasteiger partial charge in [0.2, 0.25) is 0 Å². The normalized spacial score (nSPS) is 10.1. The van der Waals surface area contributed by atoms with Crippen LogP contribution in [0.1, 0.15) is 5.56 Å². The molecule has 0 unspecified atom stereocenters. The zero-order valence-corrected chi connectivity index (χ0v) is 12.9. The highest BCUT2D eigenvalue weighted by Crippen LogP contribution is 2.21. The molecule has 2 aromatic rings. The molecule has 0 atom stereocenters. The van der Waals surface area contributed by atoms with E-state index < -0.39 is 11.8 Å². The molecule has 2 N–H and O–H groups in total. The van der Waals surface area contributed by atoms with E-state index in [2.05, 4.69) is 5.32 Å². The number of aromatic hydroxyl groups is 1. The third-order valence-corrected chi connectivity index (χ3v) is 3.42. The zero-order valence-electron chi connectivity index (χ0n) is 12.1. The number of rotatable bonds is 2. The Labute approximate surface area is 133 Å². The number of amides is 2. The van der Waals surface area contributed by atoms with E-state index in [1.807, 2.05) is 0 Å². The molecule has 0 heterocycles. The van der Waals surface area contributed by atoms with Crippen LogP contribution in [0.4, 0.5) is 11.4 Å². The number of phenolic OH excluding ortho intramolecular Hbond substituents is 1. The highest BCUT2D eigenvalue weighted by molar-refractivity contribution is 6.44. The first-order chi connectivity index (χ1) is 10.4. The summed E-state index contributed by atoms with van der Waals surface area (Å²) >= 11 is 5.88. The summed E-state index contributed by atoms with van der Waals surface area (Å²) in [4.78, 5) is 25.4. The van der Waals surface area contributed by atoms with Crippen LogP contribution in [0.2, 0.25) is 5.02 Å². The van der Waals surface area contributed by atoms with Crippen LogP contribution in [0.3, 0.4) is 0 Å². The number of carbonyl (C=O) groups excluding carboxylic acids is 2. The number of nitrogens with one attached hydrogen (secondary N) is 1. The molecule has 0 radical (unpaired) electrons. The molecule has 22 heavy (non-hydrogen) atoms. The molecule has 0 aliphatic carbocycles. The second-order valence-electron chi connectivity index (χ2n) is 4.79. The van der Waals surface area contributed by atoms with Crippen LogP contribution in [-0.2, 0) is 9.59 Å². The first kappa shape index (κ1) is 15.9. The molecule has 0 aliphatic heterocycles. The Balaban J connectivity index is 2.13. The largest absolute Gasteiger partial charge is 0.508 e. The molecule has 0 saturated carbocycles. The quantitative estimate of drug-likeness (QED) is 0.836. The van der Waals surface area contributed by atoms with Gasteiger partial charge in [-0.15, -0.1) is 0 Å². The number of phenols is 1. The summed E-state index contributed by atoms with van der Waals surface area (Å²) in [5.41, 5.74) is 1.79. The molecule has 0 bridgehead atoms. The van der Waals surface area contributed by atoms with Gasteiger partial charge in [-0.05, 0) is 48.9 Å². The van der Waals surface area contributed by atoms with Crippen molar-refractivity contribution in [1.29, 1.82) is 0 Å². The molecule has 6 heteroatoms. The fourth-order valence-corrected chi connectivity index (χ4v) is 2.02. The summed E-state index contributed by atoms with van der Waals surface area (Å²) in [5.74, 6) is -1.39. The first-order valence-electron chi connectivity index (χ1n) is 6.52. The fourth-order valence-electron chi connectivity index (χ4n) is 1.85. The fraction of sp³-hybridized carbons (Fsp3) is 0.125. The number of benzene rings is 2. The monoisotopic (exact) mass is 318 g/mol. The predicted molar refractivity (Wildman–Crippen MR) is 86.3 cm³/mol. The highest BCUT2D eigenvalue weighted by atomic mass is 35.5. The standard InChI is InChI=1S/C16H15ClN2O3/c1-10-3-4-11(17)9-14(10)18-15(21)16(22)19(2)12-5-7-13(20)8-6-12/h3-9,20H,1-2H3,(H,18,21). The number of halogens is 1. The van der Waals surface area contributed by atoms with E-state index in [9.17, 15) is 14.7 Å². The van der Waals surface area contributed by atoms with Gasteiger partial charge in [0, 0.05) is 23.4 Å². The average molecular weight is 319 g/mol. The SMILES string of the molecule is Cc1ccc(Cl)cc1NC(=O)C(=O)N(C)c1ccc(O)cc1. The van der Waals surface area contributed by atoms with E-state index in [-0.39, 0.29) is 5.75 Å². The molecule has 5 nitrogen and oxygen atoms in total. The van der Waals surface area contributed by atoms with Crippen molar-refractivity contribution in [2.45, 2.75) is 6.92 Å². The Bertz CT molecular complexity index is 714. The summed E-state index contributed by atoms with van der Waals surface area (Å²) in [6.07, 6.45) is 0. The molecule has 0 saturated heterocycles. The van der Waals surface area contributed by atoms with Crippen molar-refractivity contribution in [3.05, 3.63) is 53.1 Å². The minimum atomic E-state index is -0.763. The van der Waals surface area contributed by atoms with Crippen LogP contribution in [-0.4, -0.2) is 24.0 Å². The Kier molecular flexibility index (Phi) is 4.68. The van der Waals surface area contributed by atoms with E-state index in [1.165, 1.54) is 24.1 Å². The van der Waals surface area contributed by atoms with Gasteiger partial charge in [0.25, 0.3) is 0 Å². The summed E-state index contributed by atoms with van der Waals surface area (Å²) in [6.45, 7) is 1.81. The Morgan fingerprint density at radius 2 is 1.77 bits per heavy atom. The minimum absolute atomic E-state index is 0.0867. The summed E-state index contributed by atoms with van der Waals surface area (Å²) in [5, 5.41) is 12.3. The first-order valence-corrected chi connectivity index (χ1v) is 6.90. The van der Waals surface area contributed by atoms with Crippen LogP contribution in [0.5, 0.6) is 5.75 Å². The van der Waals surface area contributed by atoms with Gasteiger partial charge in [-0.25, -0.2) is 0 Å². The van der Waals surface area contributed by atoms with E-state index in [0.717, 1.165) is 5.56 Å². The smallest absolute Gasteiger partial charge is 0.316 e. The van der Waals surface area contributed by atoms with Gasteiger partial charge in [-0.1, -0.05) is 17.7 Å². The van der Waals surface area contributed by atoms with Crippen molar-refractivity contribution in [2.24, 2.45) is 0 Å². The van der Waals surface area contributed by atoms with Crippen molar-refractivity contribution >= 4 is 34.8 Å². The van der Waals surface area contributed by atoms with Gasteiger partial charge in [-0.3, -0.25) is 9.59 Å². The number of carbonyl (C=O) groups is 2. The predicted octanol–water partition coefficient (Wildman–Crippen LogP) is 2.96. The van der Waals surface area contributed by atoms with Crippen LogP contribution in [0, 0.1) is 6.92 Å². The molecular weight excluding hydrogens is 304 g/mol. The summed E-state index contributed by atoms with van der Waals surface area (Å²) < 4.78 is 0. The van der Waals surface area contributed by atoms with Crippen LogP contribution in [0.15, 0.2) is 42.5 Å². The van der Waals surface area contributed by atoms with E-state index in [4.69, 9.17) is 11.6 Å². The second-order valence-corrected chi connectivity index (χ2v) is 5.23. The van der Waals surface area contributed by atoms with Gasteiger partial charge in [0.1, 0.15) is 5.75 Å². The van der Waals surface area contributed by atoms with Gasteiger partial charge < -0.3 is 15.3 Å². The second kappa shape index (κ2) is 6.49. The molecule has 114 valence electrons. The summed E-state index contributed by atoms with van der Waals surface area (Å²) in [6, 6.07) is 11.0. The van der Waals surface area contributed by atoms with Crippen molar-refractivity contribution in [1.82, 2.24) is 0 Å². The van der Waals surface area contributed by atoms with Gasteiger partial charge in [0.15, 0.2) is 0 Å². The lowest BCUT2D eigenvalue weighted by atomic mass is 10.2. The molecular formula is C16H15ClN2O3. The van der Waals surface area contributed by atoms with Crippen molar-refractivity contribution in [3.8, 4) is 5.75 Å². The number of hydrogen-bond donors (Lipinski definition) is 2. The van der Waals surface area contributed by atoms with Crippen LogP contribution < -0.4 is 10.2 Å². The molecule has 0 aliphatic rings. The molecule has 2 rings (SSSR count). The van der Waals surface area contributed by atoms with Crippen molar-refractivity contribution in [3.63, 3.8) is 0 Å².